The highest BCUT2D eigenvalue weighted by molar-refractivity contribution is 14.1. The normalized spacial score (nSPS) is 12.4. The molecule has 0 aliphatic heterocycles. The van der Waals surface area contributed by atoms with E-state index in [0.29, 0.717) is 6.07 Å². The predicted molar refractivity (Wildman–Crippen MR) is 56.0 cm³/mol. The maximum absolute atomic E-state index is 12.9. The van der Waals surface area contributed by atoms with Gasteiger partial charge in [-0.15, -0.1) is 10.2 Å². The fraction of sp³-hybridized carbons (Fsp3) is 0.375. The largest absolute Gasteiger partial charge is 0.464 e. The van der Waals surface area contributed by atoms with Crippen molar-refractivity contribution in [1.29, 1.82) is 0 Å². The third-order valence-electron chi connectivity index (χ3n) is 1.80. The van der Waals surface area contributed by atoms with Crippen molar-refractivity contribution in [3.8, 4) is 0 Å². The van der Waals surface area contributed by atoms with Crippen molar-refractivity contribution in [3.63, 3.8) is 0 Å². The van der Waals surface area contributed by atoms with Gasteiger partial charge in [0.2, 0.25) is 0 Å². The third-order valence-corrected chi connectivity index (χ3v) is 2.63. The lowest BCUT2D eigenvalue weighted by Gasteiger charge is -2.18. The second kappa shape index (κ2) is 4.90. The van der Waals surface area contributed by atoms with Crippen molar-refractivity contribution in [3.05, 3.63) is 21.0 Å². The van der Waals surface area contributed by atoms with Crippen LogP contribution in [0.3, 0.4) is 0 Å². The molecule has 1 heterocycles. The van der Waals surface area contributed by atoms with Crippen molar-refractivity contribution < 1.29 is 31.5 Å². The van der Waals surface area contributed by atoms with E-state index in [9.17, 15) is 26.7 Å². The number of ether oxygens (including phenoxy) is 1. The van der Waals surface area contributed by atoms with Gasteiger partial charge in [0.1, 0.15) is 5.69 Å². The maximum atomic E-state index is 12.9. The van der Waals surface area contributed by atoms with Crippen LogP contribution in [0, 0.1) is 3.57 Å². The zero-order valence-electron chi connectivity index (χ0n) is 8.56. The van der Waals surface area contributed by atoms with Crippen molar-refractivity contribution in [2.24, 2.45) is 0 Å². The van der Waals surface area contributed by atoms with Gasteiger partial charge >= 0.3 is 18.1 Å². The number of alkyl halides is 5. The van der Waals surface area contributed by atoms with Crippen LogP contribution in [0.2, 0.25) is 0 Å². The van der Waals surface area contributed by atoms with Gasteiger partial charge in [-0.05, 0) is 28.7 Å². The van der Waals surface area contributed by atoms with Gasteiger partial charge in [0.15, 0.2) is 5.69 Å². The summed E-state index contributed by atoms with van der Waals surface area (Å²) in [6.07, 6.45) is -5.78. The van der Waals surface area contributed by atoms with Crippen LogP contribution in [0.4, 0.5) is 22.0 Å². The van der Waals surface area contributed by atoms with E-state index in [0.717, 1.165) is 7.11 Å². The topological polar surface area (TPSA) is 52.1 Å². The zero-order chi connectivity index (χ0) is 14.1. The molecule has 0 saturated heterocycles. The van der Waals surface area contributed by atoms with Crippen LogP contribution in [-0.4, -0.2) is 29.5 Å². The second-order valence-corrected chi connectivity index (χ2v) is 4.15. The minimum absolute atomic E-state index is 0.214. The van der Waals surface area contributed by atoms with E-state index in [1.165, 1.54) is 22.6 Å². The number of hydrogen-bond donors (Lipinski definition) is 0. The molecule has 10 heteroatoms. The van der Waals surface area contributed by atoms with Gasteiger partial charge in [0.05, 0.1) is 10.7 Å². The van der Waals surface area contributed by atoms with Crippen molar-refractivity contribution in [2.45, 2.75) is 12.1 Å². The Hall–Kier alpha value is -1.07. The summed E-state index contributed by atoms with van der Waals surface area (Å²) in [6.45, 7) is 0. The molecule has 0 saturated carbocycles. The molecule has 0 atom stereocenters. The molecule has 0 aliphatic carbocycles. The zero-order valence-corrected chi connectivity index (χ0v) is 10.7. The smallest absolute Gasteiger partial charge is 0.459 e. The van der Waals surface area contributed by atoms with Crippen molar-refractivity contribution >= 4 is 28.6 Å². The fourth-order valence-electron chi connectivity index (χ4n) is 0.903. The molecule has 100 valence electrons. The van der Waals surface area contributed by atoms with Crippen LogP contribution in [0.5, 0.6) is 0 Å². The first-order valence-corrected chi connectivity index (χ1v) is 5.25. The number of hydrogen-bond acceptors (Lipinski definition) is 4. The number of nitrogens with zero attached hydrogens (tertiary/aromatic N) is 2. The Morgan fingerprint density at radius 1 is 1.28 bits per heavy atom. The van der Waals surface area contributed by atoms with E-state index in [1.54, 1.807) is 0 Å². The molecule has 0 unspecified atom stereocenters. The quantitative estimate of drug-likeness (QED) is 0.448. The van der Waals surface area contributed by atoms with Crippen molar-refractivity contribution in [2.75, 3.05) is 7.11 Å². The van der Waals surface area contributed by atoms with Crippen LogP contribution < -0.4 is 0 Å². The Bertz CT molecular complexity index is 477. The Balaban J connectivity index is 3.24. The molecule has 0 amide bonds. The molecule has 0 N–H and O–H groups in total. The van der Waals surface area contributed by atoms with E-state index in [-0.39, 0.29) is 3.57 Å². The van der Waals surface area contributed by atoms with Crippen LogP contribution in [-0.2, 0) is 10.7 Å². The van der Waals surface area contributed by atoms with Crippen LogP contribution >= 0.6 is 22.6 Å². The monoisotopic (exact) mass is 382 g/mol. The molecular formula is C8H4F5IN2O2. The van der Waals surface area contributed by atoms with Gasteiger partial charge in [-0.3, -0.25) is 0 Å². The SMILES string of the molecule is COC(=O)c1nnc(C(F)(F)C(F)(F)F)cc1I. The number of aromatic nitrogens is 2. The highest BCUT2D eigenvalue weighted by atomic mass is 127. The summed E-state index contributed by atoms with van der Waals surface area (Å²) >= 11 is 1.39. The summed E-state index contributed by atoms with van der Waals surface area (Å²) < 4.78 is 66.1. The highest BCUT2D eigenvalue weighted by Gasteiger charge is 2.60. The standard InChI is InChI=1S/C8H4F5IN2O2/c1-18-6(17)5-3(14)2-4(15-16-5)7(9,10)8(11,12)13/h2H,1H3. The van der Waals surface area contributed by atoms with E-state index in [4.69, 9.17) is 0 Å². The summed E-state index contributed by atoms with van der Waals surface area (Å²) in [6, 6.07) is 0.438. The Labute approximate surface area is 111 Å². The van der Waals surface area contributed by atoms with E-state index >= 15 is 0 Å². The van der Waals surface area contributed by atoms with Gasteiger partial charge in [-0.25, -0.2) is 4.79 Å². The molecule has 0 aromatic carbocycles. The minimum atomic E-state index is -5.78. The van der Waals surface area contributed by atoms with Gasteiger partial charge in [0.25, 0.3) is 0 Å². The van der Waals surface area contributed by atoms with Gasteiger partial charge in [-0.2, -0.15) is 22.0 Å². The number of esters is 1. The molecule has 1 rings (SSSR count). The molecule has 0 bridgehead atoms. The molecule has 0 aliphatic rings. The van der Waals surface area contributed by atoms with E-state index in [2.05, 4.69) is 14.9 Å². The Morgan fingerprint density at radius 3 is 2.22 bits per heavy atom. The average Bonchev–Trinajstić information content (AvgIpc) is 2.26. The highest BCUT2D eigenvalue weighted by Crippen LogP contribution is 2.43. The first-order chi connectivity index (χ1) is 8.11. The fourth-order valence-corrected chi connectivity index (χ4v) is 1.53. The van der Waals surface area contributed by atoms with E-state index < -0.39 is 29.5 Å². The molecule has 0 radical (unpaired) electrons. The molecule has 1 aromatic rings. The summed E-state index contributed by atoms with van der Waals surface area (Å²) in [5, 5.41) is 5.74. The molecule has 18 heavy (non-hydrogen) atoms. The third kappa shape index (κ3) is 2.67. The van der Waals surface area contributed by atoms with Crippen molar-refractivity contribution in [1.82, 2.24) is 10.2 Å². The number of carbonyl (C=O) groups is 1. The van der Waals surface area contributed by atoms with Crippen LogP contribution in [0.15, 0.2) is 6.07 Å². The van der Waals surface area contributed by atoms with Gasteiger partial charge in [0, 0.05) is 0 Å². The van der Waals surface area contributed by atoms with Gasteiger partial charge in [-0.1, -0.05) is 0 Å². The first kappa shape index (κ1) is 15.0. The average molecular weight is 382 g/mol. The number of carbonyl (C=O) groups excluding carboxylic acids is 1. The summed E-state index contributed by atoms with van der Waals surface area (Å²) in [7, 11) is 1.01. The number of halogens is 6. The second-order valence-electron chi connectivity index (χ2n) is 2.99. The number of methoxy groups -OCH3 is 1. The number of rotatable bonds is 2. The van der Waals surface area contributed by atoms with Crippen LogP contribution in [0.25, 0.3) is 0 Å². The summed E-state index contributed by atoms with van der Waals surface area (Å²) in [4.78, 5) is 11.1. The van der Waals surface area contributed by atoms with E-state index in [1.807, 2.05) is 0 Å². The molecule has 0 fully saturated rings. The molecule has 4 nitrogen and oxygen atoms in total. The summed E-state index contributed by atoms with van der Waals surface area (Å²) in [5.74, 6) is -6.11. The lowest BCUT2D eigenvalue weighted by Crippen LogP contribution is -2.35. The lowest BCUT2D eigenvalue weighted by atomic mass is 10.2. The summed E-state index contributed by atoms with van der Waals surface area (Å²) in [5.41, 5.74) is -2.01. The van der Waals surface area contributed by atoms with Crippen LogP contribution in [0.1, 0.15) is 16.2 Å². The predicted octanol–water partition coefficient (Wildman–Crippen LogP) is 2.52. The molecular weight excluding hydrogens is 378 g/mol. The molecule has 1 aromatic heterocycles. The lowest BCUT2D eigenvalue weighted by molar-refractivity contribution is -0.291. The first-order valence-electron chi connectivity index (χ1n) is 4.17. The Morgan fingerprint density at radius 2 is 1.83 bits per heavy atom. The van der Waals surface area contributed by atoms with Gasteiger partial charge < -0.3 is 4.74 Å². The minimum Gasteiger partial charge on any atom is -0.464 e. The maximum Gasteiger partial charge on any atom is 0.459 e. The Kier molecular flexibility index (Phi) is 4.08. The molecule has 0 spiro atoms.